The van der Waals surface area contributed by atoms with Gasteiger partial charge in [-0.15, -0.1) is 0 Å². The summed E-state index contributed by atoms with van der Waals surface area (Å²) in [5.74, 6) is 1.41. The van der Waals surface area contributed by atoms with E-state index in [2.05, 4.69) is 15.3 Å². The van der Waals surface area contributed by atoms with Gasteiger partial charge in [-0.2, -0.15) is 0 Å². The Labute approximate surface area is 186 Å². The lowest BCUT2D eigenvalue weighted by molar-refractivity contribution is 0.354. The lowest BCUT2D eigenvalue weighted by Gasteiger charge is -2.12. The van der Waals surface area contributed by atoms with E-state index in [4.69, 9.17) is 15.2 Å². The van der Waals surface area contributed by atoms with Gasteiger partial charge < -0.3 is 25.5 Å². The van der Waals surface area contributed by atoms with Gasteiger partial charge in [-0.25, -0.2) is 4.98 Å². The fourth-order valence-electron chi connectivity index (χ4n) is 3.63. The molecule has 3 aromatic carbocycles. The maximum atomic E-state index is 12.5. The molecule has 0 bridgehead atoms. The summed E-state index contributed by atoms with van der Waals surface area (Å²) < 4.78 is 10.7. The topological polar surface area (TPSA) is 102 Å². The Morgan fingerprint density at radius 1 is 0.969 bits per heavy atom. The van der Waals surface area contributed by atoms with Gasteiger partial charge in [-0.05, 0) is 41.8 Å². The number of fused-ring (bicyclic) bond motifs is 1. The molecule has 1 aromatic heterocycles. The van der Waals surface area contributed by atoms with Crippen LogP contribution < -0.4 is 26.1 Å². The van der Waals surface area contributed by atoms with Crippen molar-refractivity contribution < 1.29 is 9.47 Å². The average Bonchev–Trinajstić information content (AvgIpc) is 2.81. The van der Waals surface area contributed by atoms with Crippen molar-refractivity contribution in [2.45, 2.75) is 12.8 Å². The zero-order valence-electron chi connectivity index (χ0n) is 18.1. The molecule has 4 aromatic rings. The predicted octanol–water partition coefficient (Wildman–Crippen LogP) is 3.77. The van der Waals surface area contributed by atoms with Crippen LogP contribution >= 0.6 is 0 Å². The SMILES string of the molecule is COc1ccc(CCNc2cc3nc(Cc4ccccc4)c(=O)[nH]c3cc2N)cc1OC. The molecule has 0 aliphatic rings. The number of H-pyrrole nitrogens is 1. The van der Waals surface area contributed by atoms with Crippen molar-refractivity contribution in [3.63, 3.8) is 0 Å². The molecular formula is C25H26N4O3. The second-order valence-corrected chi connectivity index (χ2v) is 7.50. The van der Waals surface area contributed by atoms with Gasteiger partial charge in [-0.3, -0.25) is 4.79 Å². The zero-order valence-corrected chi connectivity index (χ0v) is 18.1. The maximum absolute atomic E-state index is 12.5. The Morgan fingerprint density at radius 3 is 2.50 bits per heavy atom. The first kappa shape index (κ1) is 21.2. The van der Waals surface area contributed by atoms with Gasteiger partial charge in [0.05, 0.1) is 36.6 Å². The monoisotopic (exact) mass is 430 g/mol. The normalized spacial score (nSPS) is 10.8. The number of aromatic nitrogens is 2. The van der Waals surface area contributed by atoms with Crippen LogP contribution in [-0.4, -0.2) is 30.7 Å². The summed E-state index contributed by atoms with van der Waals surface area (Å²) in [7, 11) is 3.24. The molecule has 0 saturated carbocycles. The van der Waals surface area contributed by atoms with Crippen LogP contribution in [0.1, 0.15) is 16.8 Å². The highest BCUT2D eigenvalue weighted by Crippen LogP contribution is 2.28. The minimum Gasteiger partial charge on any atom is -0.493 e. The smallest absolute Gasteiger partial charge is 0.270 e. The summed E-state index contributed by atoms with van der Waals surface area (Å²) >= 11 is 0. The zero-order chi connectivity index (χ0) is 22.5. The number of hydrogen-bond acceptors (Lipinski definition) is 6. The van der Waals surface area contributed by atoms with Crippen LogP contribution in [0.25, 0.3) is 11.0 Å². The van der Waals surface area contributed by atoms with Gasteiger partial charge in [0.25, 0.3) is 5.56 Å². The van der Waals surface area contributed by atoms with E-state index in [0.717, 1.165) is 23.2 Å². The summed E-state index contributed by atoms with van der Waals surface area (Å²) in [6.07, 6.45) is 1.24. The minimum absolute atomic E-state index is 0.199. The molecule has 0 aliphatic carbocycles. The van der Waals surface area contributed by atoms with Crippen molar-refractivity contribution in [1.82, 2.24) is 9.97 Å². The van der Waals surface area contributed by atoms with Crippen LogP contribution in [0.2, 0.25) is 0 Å². The van der Waals surface area contributed by atoms with E-state index >= 15 is 0 Å². The Hall–Kier alpha value is -4.00. The second-order valence-electron chi connectivity index (χ2n) is 7.50. The van der Waals surface area contributed by atoms with Gasteiger partial charge in [0.2, 0.25) is 0 Å². The molecule has 0 radical (unpaired) electrons. The fraction of sp³-hybridized carbons (Fsp3) is 0.200. The third-order valence-electron chi connectivity index (χ3n) is 5.33. The number of anilines is 2. The first-order valence-electron chi connectivity index (χ1n) is 10.4. The molecule has 0 aliphatic heterocycles. The highest BCUT2D eigenvalue weighted by atomic mass is 16.5. The molecule has 0 fully saturated rings. The third-order valence-corrected chi connectivity index (χ3v) is 5.33. The number of hydrogen-bond donors (Lipinski definition) is 3. The highest BCUT2D eigenvalue weighted by Gasteiger charge is 2.10. The molecule has 32 heavy (non-hydrogen) atoms. The number of nitrogen functional groups attached to an aromatic ring is 1. The molecule has 0 spiro atoms. The third kappa shape index (κ3) is 4.67. The maximum Gasteiger partial charge on any atom is 0.270 e. The fourth-order valence-corrected chi connectivity index (χ4v) is 3.63. The van der Waals surface area contributed by atoms with Crippen molar-refractivity contribution in [3.05, 3.63) is 87.8 Å². The number of benzene rings is 3. The molecule has 4 rings (SSSR count). The van der Waals surface area contributed by atoms with Crippen LogP contribution in [0.4, 0.5) is 11.4 Å². The molecule has 7 nitrogen and oxygen atoms in total. The van der Waals surface area contributed by atoms with Crippen molar-refractivity contribution in [2.24, 2.45) is 0 Å². The van der Waals surface area contributed by atoms with Gasteiger partial charge in [-0.1, -0.05) is 36.4 Å². The lowest BCUT2D eigenvalue weighted by atomic mass is 10.1. The first-order valence-corrected chi connectivity index (χ1v) is 10.4. The van der Waals surface area contributed by atoms with E-state index in [0.29, 0.717) is 46.9 Å². The Balaban J connectivity index is 1.52. The van der Waals surface area contributed by atoms with Crippen LogP contribution in [0, 0.1) is 0 Å². The quantitative estimate of drug-likeness (QED) is 0.368. The minimum atomic E-state index is -0.199. The van der Waals surface area contributed by atoms with Crippen molar-refractivity contribution in [1.29, 1.82) is 0 Å². The van der Waals surface area contributed by atoms with Crippen LogP contribution in [0.5, 0.6) is 11.5 Å². The molecular weight excluding hydrogens is 404 g/mol. The van der Waals surface area contributed by atoms with Crippen LogP contribution in [-0.2, 0) is 12.8 Å². The van der Waals surface area contributed by atoms with E-state index in [1.165, 1.54) is 0 Å². The molecule has 7 heteroatoms. The molecule has 164 valence electrons. The summed E-state index contributed by atoms with van der Waals surface area (Å²) in [6, 6.07) is 19.3. The first-order chi connectivity index (χ1) is 15.6. The van der Waals surface area contributed by atoms with E-state index in [1.54, 1.807) is 20.3 Å². The molecule has 0 saturated heterocycles. The number of nitrogens with one attached hydrogen (secondary N) is 2. The molecule has 4 N–H and O–H groups in total. The number of aromatic amines is 1. The average molecular weight is 431 g/mol. The summed E-state index contributed by atoms with van der Waals surface area (Å²) in [5, 5.41) is 3.37. The number of rotatable bonds is 8. The van der Waals surface area contributed by atoms with Gasteiger partial charge >= 0.3 is 0 Å². The Kier molecular flexibility index (Phi) is 6.26. The summed E-state index contributed by atoms with van der Waals surface area (Å²) in [5.41, 5.74) is 11.3. The van der Waals surface area contributed by atoms with E-state index in [9.17, 15) is 4.79 Å². The number of nitrogens with zero attached hydrogens (tertiary/aromatic N) is 1. The second kappa shape index (κ2) is 9.43. The largest absolute Gasteiger partial charge is 0.493 e. The highest BCUT2D eigenvalue weighted by molar-refractivity contribution is 5.86. The van der Waals surface area contributed by atoms with Crippen LogP contribution in [0.15, 0.2) is 65.5 Å². The molecule has 0 atom stereocenters. The number of ether oxygens (including phenoxy) is 2. The predicted molar refractivity (Wildman–Crippen MR) is 128 cm³/mol. The Morgan fingerprint density at radius 2 is 1.75 bits per heavy atom. The summed E-state index contributed by atoms with van der Waals surface area (Å²) in [4.78, 5) is 20.0. The molecule has 0 amide bonds. The Bertz CT molecular complexity index is 1290. The van der Waals surface area contributed by atoms with Gasteiger partial charge in [0.1, 0.15) is 5.69 Å². The van der Waals surface area contributed by atoms with Gasteiger partial charge in [0.15, 0.2) is 11.5 Å². The standard InChI is InChI=1S/C25H26N4O3/c1-31-23-9-8-17(13-24(23)32-2)10-11-27-19-15-21-20(14-18(19)26)29-25(30)22(28-21)12-16-6-4-3-5-7-16/h3-9,13-15,27H,10-12,26H2,1-2H3,(H,29,30). The van der Waals surface area contributed by atoms with Gasteiger partial charge in [0, 0.05) is 13.0 Å². The number of nitrogens with two attached hydrogens (primary N) is 1. The van der Waals surface area contributed by atoms with E-state index < -0.39 is 0 Å². The summed E-state index contributed by atoms with van der Waals surface area (Å²) in [6.45, 7) is 0.672. The van der Waals surface area contributed by atoms with E-state index in [1.807, 2.05) is 54.6 Å². The van der Waals surface area contributed by atoms with Crippen molar-refractivity contribution >= 4 is 22.4 Å². The van der Waals surface area contributed by atoms with Crippen molar-refractivity contribution in [3.8, 4) is 11.5 Å². The lowest BCUT2D eigenvalue weighted by Crippen LogP contribution is -2.16. The van der Waals surface area contributed by atoms with E-state index in [-0.39, 0.29) is 5.56 Å². The molecule has 1 heterocycles. The number of methoxy groups -OCH3 is 2. The van der Waals surface area contributed by atoms with Crippen LogP contribution in [0.3, 0.4) is 0 Å². The van der Waals surface area contributed by atoms with Crippen molar-refractivity contribution in [2.75, 3.05) is 31.8 Å². The molecule has 0 unspecified atom stereocenters.